The summed E-state index contributed by atoms with van der Waals surface area (Å²) in [6, 6.07) is 0. The van der Waals surface area contributed by atoms with Gasteiger partial charge >= 0.3 is 0 Å². The van der Waals surface area contributed by atoms with Gasteiger partial charge in [0.25, 0.3) is 23.6 Å². The number of hydrogen-bond acceptors (Lipinski definition) is 17. The van der Waals surface area contributed by atoms with Crippen LogP contribution < -0.4 is 31.7 Å². The van der Waals surface area contributed by atoms with Gasteiger partial charge in [0.05, 0.1) is 92.9 Å². The summed E-state index contributed by atoms with van der Waals surface area (Å²) in [5, 5.41) is 78.7. The van der Waals surface area contributed by atoms with Gasteiger partial charge in [0, 0.05) is 60.2 Å². The first-order chi connectivity index (χ1) is 29.3. The molecule has 0 fully saturated rings. The lowest BCUT2D eigenvalue weighted by molar-refractivity contribution is -0.127. The molecule has 0 aliphatic carbocycles. The number of ketones is 2. The molecule has 0 saturated carbocycles. The van der Waals surface area contributed by atoms with Crippen molar-refractivity contribution in [3.05, 3.63) is 49.2 Å². The van der Waals surface area contributed by atoms with Gasteiger partial charge in [0.2, 0.25) is 0 Å². The SMILES string of the molecule is COCCNN(CC(OC)C(=O)CNC(=O)c1c(I)c(C(=O)CO)c(I)c(C(=O)NCC(O)CO)c1I)c1c(I)c(C(=O)NCC(O)CO)c(I)c(C(=O)NCC(O)CO)c1I. The van der Waals surface area contributed by atoms with Crippen LogP contribution in [0.2, 0.25) is 0 Å². The molecule has 4 unspecified atom stereocenters. The smallest absolute Gasteiger partial charge is 0.253 e. The van der Waals surface area contributed by atoms with E-state index in [1.54, 1.807) is 67.8 Å². The Kier molecular flexibility index (Phi) is 26.5. The first-order valence-electron chi connectivity index (χ1n) is 17.9. The van der Waals surface area contributed by atoms with Gasteiger partial charge in [-0.2, -0.15) is 0 Å². The third kappa shape index (κ3) is 15.5. The number of aliphatic hydroxyl groups excluding tert-OH is 7. The van der Waals surface area contributed by atoms with Crippen molar-refractivity contribution in [2.75, 3.05) is 91.5 Å². The summed E-state index contributed by atoms with van der Waals surface area (Å²) in [4.78, 5) is 81.3. The molecule has 27 heteroatoms. The third-order valence-electron chi connectivity index (χ3n) is 8.36. The highest BCUT2D eigenvalue weighted by atomic mass is 127. The summed E-state index contributed by atoms with van der Waals surface area (Å²) in [5.74, 6) is -4.56. The number of aliphatic hydroxyl groups is 7. The number of methoxy groups -OCH3 is 2. The van der Waals surface area contributed by atoms with Gasteiger partial charge in [0.1, 0.15) is 12.7 Å². The highest BCUT2D eigenvalue weighted by Gasteiger charge is 2.34. The van der Waals surface area contributed by atoms with Crippen LogP contribution in [-0.2, 0) is 14.3 Å². The largest absolute Gasteiger partial charge is 0.394 e. The number of rotatable bonds is 26. The fraction of sp³-hybridized carbons (Fsp3) is 0.486. The summed E-state index contributed by atoms with van der Waals surface area (Å²) in [7, 11) is 2.70. The Morgan fingerprint density at radius 2 is 0.952 bits per heavy atom. The third-order valence-corrected chi connectivity index (χ3v) is 14.8. The molecule has 4 atom stereocenters. The fourth-order valence-corrected chi connectivity index (χ4v) is 14.6. The summed E-state index contributed by atoms with van der Waals surface area (Å²) in [6.07, 6.45) is -5.18. The lowest BCUT2D eigenvalue weighted by Crippen LogP contribution is -2.50. The van der Waals surface area contributed by atoms with E-state index in [2.05, 4.69) is 26.7 Å². The van der Waals surface area contributed by atoms with Crippen molar-refractivity contribution in [3.63, 3.8) is 0 Å². The van der Waals surface area contributed by atoms with Crippen LogP contribution in [0.4, 0.5) is 5.69 Å². The van der Waals surface area contributed by atoms with Crippen LogP contribution in [0.5, 0.6) is 0 Å². The Morgan fingerprint density at radius 3 is 1.31 bits per heavy atom. The van der Waals surface area contributed by atoms with E-state index in [0.29, 0.717) is 0 Å². The number of nitrogens with one attached hydrogen (secondary N) is 5. The standard InChI is InChI=1S/C35H44I6N6O15/c1-61-4-3-46-47(31-29(40)23(34(59)43-6-15(53)11-49)28(39)24(30(31)41)35(60)44-7-16(54)12-50)9-19(62-2)17(55)8-45-33(58)22-26(37)20(18(56)13-51)25(36)21(27(22)38)32(57)42-5-14(52)10-48/h14-16,19,46,48-54H,3-13H2,1-2H3,(H,42,57)(H,43,59)(H,44,60)(H,45,58). The average Bonchev–Trinajstić information content (AvgIpc) is 3.24. The Balaban J connectivity index is 2.66. The van der Waals surface area contributed by atoms with Crippen LogP contribution in [0.3, 0.4) is 0 Å². The molecule has 4 amide bonds. The molecule has 0 aliphatic heterocycles. The lowest BCUT2D eigenvalue weighted by Gasteiger charge is -2.32. The maximum absolute atomic E-state index is 13.9. The monoisotopic (exact) mass is 1550 g/mol. The highest BCUT2D eigenvalue weighted by Crippen LogP contribution is 2.38. The zero-order valence-electron chi connectivity index (χ0n) is 32.7. The minimum absolute atomic E-state index is 0.0101. The number of hydrazine groups is 1. The van der Waals surface area contributed by atoms with Crippen LogP contribution >= 0.6 is 136 Å². The molecule has 0 heterocycles. The number of carbonyl (C=O) groups excluding carboxylic acids is 6. The Hall–Kier alpha value is -0.560. The molecule has 0 aromatic heterocycles. The van der Waals surface area contributed by atoms with Crippen LogP contribution in [0.25, 0.3) is 0 Å². The summed E-state index contributed by atoms with van der Waals surface area (Å²) in [5.41, 5.74) is 2.94. The maximum atomic E-state index is 13.9. The van der Waals surface area contributed by atoms with Gasteiger partial charge in [0.15, 0.2) is 11.6 Å². The minimum atomic E-state index is -1.31. The van der Waals surface area contributed by atoms with Crippen molar-refractivity contribution in [3.8, 4) is 0 Å². The number of benzene rings is 2. The van der Waals surface area contributed by atoms with Crippen molar-refractivity contribution >= 4 is 176 Å². The molecule has 2 rings (SSSR count). The second kappa shape index (κ2) is 28.6. The van der Waals surface area contributed by atoms with Gasteiger partial charge in [-0.05, 0) is 136 Å². The number of ether oxygens (including phenoxy) is 2. The van der Waals surface area contributed by atoms with E-state index < -0.39 is 92.6 Å². The molecule has 0 aliphatic rings. The molecule has 346 valence electrons. The van der Waals surface area contributed by atoms with E-state index in [9.17, 15) is 64.5 Å². The molecule has 0 bridgehead atoms. The van der Waals surface area contributed by atoms with Crippen LogP contribution in [0.15, 0.2) is 0 Å². The van der Waals surface area contributed by atoms with Gasteiger partial charge in [-0.15, -0.1) is 0 Å². The van der Waals surface area contributed by atoms with E-state index >= 15 is 0 Å². The van der Waals surface area contributed by atoms with Crippen molar-refractivity contribution in [2.24, 2.45) is 0 Å². The zero-order chi connectivity index (χ0) is 47.0. The van der Waals surface area contributed by atoms with Crippen molar-refractivity contribution in [1.29, 1.82) is 0 Å². The van der Waals surface area contributed by atoms with E-state index in [1.807, 2.05) is 67.8 Å². The summed E-state index contributed by atoms with van der Waals surface area (Å²) < 4.78 is 11.9. The fourth-order valence-electron chi connectivity index (χ4n) is 5.12. The number of halogens is 6. The topological polar surface area (TPSA) is 326 Å². The van der Waals surface area contributed by atoms with Crippen molar-refractivity contribution in [2.45, 2.75) is 24.4 Å². The Morgan fingerprint density at radius 1 is 0.581 bits per heavy atom. The number of hydrogen-bond donors (Lipinski definition) is 12. The molecule has 2 aromatic rings. The minimum Gasteiger partial charge on any atom is -0.394 e. The van der Waals surface area contributed by atoms with E-state index in [4.69, 9.17) is 9.47 Å². The molecule has 21 nitrogen and oxygen atoms in total. The Bertz CT molecular complexity index is 1910. The zero-order valence-corrected chi connectivity index (χ0v) is 45.6. The number of carbonyl (C=O) groups is 6. The molecule has 0 radical (unpaired) electrons. The van der Waals surface area contributed by atoms with E-state index in [0.717, 1.165) is 0 Å². The summed E-state index contributed by atoms with van der Waals surface area (Å²) >= 11 is 10.8. The first kappa shape index (κ1) is 57.6. The second-order valence-corrected chi connectivity index (χ2v) is 19.2. The summed E-state index contributed by atoms with van der Waals surface area (Å²) in [6.45, 7) is -4.53. The molecule has 0 saturated heterocycles. The lowest BCUT2D eigenvalue weighted by atomic mass is 10.0. The van der Waals surface area contributed by atoms with Crippen molar-refractivity contribution < 1.29 is 74.0 Å². The molecule has 62 heavy (non-hydrogen) atoms. The van der Waals surface area contributed by atoms with Gasteiger partial charge in [-0.25, -0.2) is 5.43 Å². The maximum Gasteiger partial charge on any atom is 0.253 e. The van der Waals surface area contributed by atoms with E-state index in [1.165, 1.54) is 19.2 Å². The first-order valence-corrected chi connectivity index (χ1v) is 24.3. The van der Waals surface area contributed by atoms with Crippen LogP contribution in [-0.4, -0.2) is 182 Å². The quantitative estimate of drug-likeness (QED) is 0.0226. The molecule has 2 aromatic carbocycles. The second-order valence-electron chi connectivity index (χ2n) is 12.7. The average molecular weight is 1550 g/mol. The molecular weight excluding hydrogens is 1510 g/mol. The predicted octanol–water partition coefficient (Wildman–Crippen LogP) is -1.29. The molecular formula is C35H44I6N6O15. The highest BCUT2D eigenvalue weighted by molar-refractivity contribution is 14.1. The van der Waals surface area contributed by atoms with Crippen molar-refractivity contribution in [1.82, 2.24) is 26.7 Å². The van der Waals surface area contributed by atoms with Crippen LogP contribution in [0.1, 0.15) is 51.8 Å². The number of nitrogens with zero attached hydrogens (tertiary/aromatic N) is 1. The van der Waals surface area contributed by atoms with Crippen LogP contribution in [0, 0.1) is 21.4 Å². The van der Waals surface area contributed by atoms with Gasteiger partial charge in [-0.3, -0.25) is 28.8 Å². The molecule has 12 N–H and O–H groups in total. The Labute approximate surface area is 437 Å². The number of anilines is 1. The normalized spacial score (nSPS) is 13.1. The number of Topliss-reactive ketones (excluding diaryl/α,β-unsaturated/α-hetero) is 2. The van der Waals surface area contributed by atoms with Gasteiger partial charge < -0.3 is 71.5 Å². The predicted molar refractivity (Wildman–Crippen MR) is 272 cm³/mol. The molecule has 0 spiro atoms. The number of amides is 4. The van der Waals surface area contributed by atoms with E-state index in [-0.39, 0.29) is 94.3 Å². The van der Waals surface area contributed by atoms with Gasteiger partial charge in [-0.1, -0.05) is 0 Å².